The molecule has 5 aromatic rings. The number of imidazole rings is 1. The minimum Gasteiger partial charge on any atom is -0.468 e. The lowest BCUT2D eigenvalue weighted by Crippen LogP contribution is -2.04. The van der Waals surface area contributed by atoms with E-state index in [9.17, 15) is 4.79 Å². The van der Waals surface area contributed by atoms with Gasteiger partial charge in [-0.15, -0.1) is 0 Å². The van der Waals surface area contributed by atoms with Crippen LogP contribution in [0.1, 0.15) is 16.8 Å². The lowest BCUT2D eigenvalue weighted by Gasteiger charge is -2.10. The van der Waals surface area contributed by atoms with Crippen molar-refractivity contribution in [3.63, 3.8) is 0 Å². The molecule has 3 heterocycles. The number of hydrogen-bond acceptors (Lipinski definition) is 6. The summed E-state index contributed by atoms with van der Waals surface area (Å²) in [5.74, 6) is -0.174. The van der Waals surface area contributed by atoms with Gasteiger partial charge >= 0.3 is 5.76 Å². The van der Waals surface area contributed by atoms with Crippen LogP contribution in [-0.4, -0.2) is 31.8 Å². The summed E-state index contributed by atoms with van der Waals surface area (Å²) >= 11 is 0. The molecule has 0 aliphatic rings. The van der Waals surface area contributed by atoms with E-state index in [4.69, 9.17) is 4.74 Å². The molecule has 0 unspecified atom stereocenters. The van der Waals surface area contributed by atoms with Crippen molar-refractivity contribution in [1.82, 2.24) is 24.7 Å². The summed E-state index contributed by atoms with van der Waals surface area (Å²) in [6.07, 6.45) is 0. The number of nitrogens with zero attached hydrogens (tertiary/aromatic N) is 4. The molecular formula is C24H21N5O3. The van der Waals surface area contributed by atoms with Gasteiger partial charge in [0.15, 0.2) is 11.5 Å². The maximum atomic E-state index is 11.4. The van der Waals surface area contributed by atoms with Crippen molar-refractivity contribution in [3.05, 3.63) is 82.0 Å². The molecule has 0 bridgehead atoms. The number of H-pyrrole nitrogens is 1. The lowest BCUT2D eigenvalue weighted by atomic mass is 9.98. The Labute approximate surface area is 183 Å². The average molecular weight is 427 g/mol. The standard InChI is InChI=1S/C24H21N5O3/c1-14-12-15(2)25-22-20(14)26-23(31-3)29(22)13-16-8-10-17(11-9-16)18-6-4-5-7-19(18)21-27-24(30)32-28-21/h4-12H,13H2,1-3H3,(H,27,28,30). The molecule has 0 saturated carbocycles. The minimum atomic E-state index is -0.578. The lowest BCUT2D eigenvalue weighted by molar-refractivity contribution is 0.363. The van der Waals surface area contributed by atoms with Crippen LogP contribution in [-0.2, 0) is 6.54 Å². The molecule has 8 heteroatoms. The summed E-state index contributed by atoms with van der Waals surface area (Å²) < 4.78 is 12.2. The highest BCUT2D eigenvalue weighted by molar-refractivity contribution is 5.80. The number of fused-ring (bicyclic) bond motifs is 1. The molecule has 2 aromatic carbocycles. The fourth-order valence-electron chi connectivity index (χ4n) is 3.94. The molecule has 5 rings (SSSR count). The number of hydrogen-bond donors (Lipinski definition) is 1. The second kappa shape index (κ2) is 7.81. The summed E-state index contributed by atoms with van der Waals surface area (Å²) in [5, 5.41) is 3.83. The van der Waals surface area contributed by atoms with E-state index in [1.54, 1.807) is 7.11 Å². The van der Waals surface area contributed by atoms with E-state index in [2.05, 4.69) is 36.8 Å². The van der Waals surface area contributed by atoms with E-state index in [-0.39, 0.29) is 0 Å². The maximum absolute atomic E-state index is 11.4. The quantitative estimate of drug-likeness (QED) is 0.453. The SMILES string of the molecule is COc1nc2c(C)cc(C)nc2n1Cc1ccc(-c2ccccc2-c2noc(=O)[nH]2)cc1. The monoisotopic (exact) mass is 427 g/mol. The molecule has 0 aliphatic carbocycles. The van der Waals surface area contributed by atoms with Crippen LogP contribution in [0.2, 0.25) is 0 Å². The first kappa shape index (κ1) is 19.7. The zero-order valence-electron chi connectivity index (χ0n) is 17.9. The first-order chi connectivity index (χ1) is 15.5. The highest BCUT2D eigenvalue weighted by Gasteiger charge is 2.16. The van der Waals surface area contributed by atoms with Gasteiger partial charge in [0.2, 0.25) is 0 Å². The molecule has 0 fully saturated rings. The Morgan fingerprint density at radius 1 is 1.03 bits per heavy atom. The van der Waals surface area contributed by atoms with E-state index in [0.717, 1.165) is 44.7 Å². The number of aromatic amines is 1. The molecule has 0 aliphatic heterocycles. The van der Waals surface area contributed by atoms with Crippen LogP contribution in [0.25, 0.3) is 33.7 Å². The third-order valence-electron chi connectivity index (χ3n) is 5.40. The molecule has 3 aromatic heterocycles. The molecule has 8 nitrogen and oxygen atoms in total. The topological polar surface area (TPSA) is 98.8 Å². The molecule has 0 atom stereocenters. The largest absolute Gasteiger partial charge is 0.468 e. The van der Waals surface area contributed by atoms with Crippen LogP contribution >= 0.6 is 0 Å². The van der Waals surface area contributed by atoms with Crippen LogP contribution in [0, 0.1) is 13.8 Å². The fraction of sp³-hybridized carbons (Fsp3) is 0.167. The van der Waals surface area contributed by atoms with Crippen molar-refractivity contribution in [2.45, 2.75) is 20.4 Å². The summed E-state index contributed by atoms with van der Waals surface area (Å²) in [6, 6.07) is 18.5. The zero-order valence-corrected chi connectivity index (χ0v) is 17.9. The molecule has 1 N–H and O–H groups in total. The highest BCUT2D eigenvalue weighted by Crippen LogP contribution is 2.30. The number of pyridine rings is 1. The van der Waals surface area contributed by atoms with E-state index in [1.807, 2.05) is 60.9 Å². The van der Waals surface area contributed by atoms with Gasteiger partial charge in [-0.1, -0.05) is 53.7 Å². The number of aryl methyl sites for hydroxylation is 2. The fourth-order valence-corrected chi connectivity index (χ4v) is 3.94. The van der Waals surface area contributed by atoms with Gasteiger partial charge in [0.1, 0.15) is 5.52 Å². The van der Waals surface area contributed by atoms with Crippen molar-refractivity contribution in [1.29, 1.82) is 0 Å². The van der Waals surface area contributed by atoms with E-state index < -0.39 is 5.76 Å². The average Bonchev–Trinajstić information content (AvgIpc) is 3.38. The molecule has 0 radical (unpaired) electrons. The van der Waals surface area contributed by atoms with Crippen LogP contribution < -0.4 is 10.5 Å². The second-order valence-corrected chi connectivity index (χ2v) is 7.62. The first-order valence-electron chi connectivity index (χ1n) is 10.2. The van der Waals surface area contributed by atoms with Crippen molar-refractivity contribution in [2.75, 3.05) is 7.11 Å². The van der Waals surface area contributed by atoms with Crippen molar-refractivity contribution < 1.29 is 9.26 Å². The van der Waals surface area contributed by atoms with Gasteiger partial charge in [0.25, 0.3) is 6.01 Å². The Balaban J connectivity index is 1.51. The Kier molecular flexibility index (Phi) is 4.82. The molecule has 0 saturated heterocycles. The first-order valence-corrected chi connectivity index (χ1v) is 10.2. The summed E-state index contributed by atoms with van der Waals surface area (Å²) in [7, 11) is 1.62. The van der Waals surface area contributed by atoms with Gasteiger partial charge in [-0.2, -0.15) is 4.98 Å². The van der Waals surface area contributed by atoms with Crippen LogP contribution in [0.3, 0.4) is 0 Å². The normalized spacial score (nSPS) is 11.2. The van der Waals surface area contributed by atoms with Gasteiger partial charge in [-0.05, 0) is 42.2 Å². The molecule has 32 heavy (non-hydrogen) atoms. The number of methoxy groups -OCH3 is 1. The third kappa shape index (κ3) is 3.45. The van der Waals surface area contributed by atoms with Gasteiger partial charge in [-0.25, -0.2) is 9.78 Å². The van der Waals surface area contributed by atoms with Gasteiger partial charge in [0, 0.05) is 11.3 Å². The smallest absolute Gasteiger partial charge is 0.439 e. The van der Waals surface area contributed by atoms with Gasteiger partial charge < -0.3 is 4.74 Å². The Hall–Kier alpha value is -4.20. The Morgan fingerprint density at radius 2 is 1.78 bits per heavy atom. The summed E-state index contributed by atoms with van der Waals surface area (Å²) in [6.45, 7) is 4.58. The van der Waals surface area contributed by atoms with E-state index >= 15 is 0 Å². The highest BCUT2D eigenvalue weighted by atomic mass is 16.5. The number of benzene rings is 2. The van der Waals surface area contributed by atoms with E-state index in [1.165, 1.54) is 0 Å². The molecule has 0 spiro atoms. The van der Waals surface area contributed by atoms with Crippen molar-refractivity contribution in [2.24, 2.45) is 0 Å². The van der Waals surface area contributed by atoms with Gasteiger partial charge in [-0.3, -0.25) is 14.1 Å². The van der Waals surface area contributed by atoms with Crippen LogP contribution in [0.4, 0.5) is 0 Å². The Morgan fingerprint density at radius 3 is 2.47 bits per heavy atom. The van der Waals surface area contributed by atoms with Gasteiger partial charge in [0.05, 0.1) is 13.7 Å². The number of nitrogens with one attached hydrogen (secondary N) is 1. The molecule has 160 valence electrons. The van der Waals surface area contributed by atoms with Crippen LogP contribution in [0.15, 0.2) is 63.9 Å². The second-order valence-electron chi connectivity index (χ2n) is 7.62. The third-order valence-corrected chi connectivity index (χ3v) is 5.40. The summed E-state index contributed by atoms with van der Waals surface area (Å²) in [5.41, 5.74) is 7.49. The predicted molar refractivity (Wildman–Crippen MR) is 121 cm³/mol. The van der Waals surface area contributed by atoms with Crippen molar-refractivity contribution in [3.8, 4) is 28.5 Å². The maximum Gasteiger partial charge on any atom is 0.439 e. The minimum absolute atomic E-state index is 0.404. The van der Waals surface area contributed by atoms with Crippen LogP contribution in [0.5, 0.6) is 6.01 Å². The predicted octanol–water partition coefficient (Wildman–Crippen LogP) is 4.12. The molecular weight excluding hydrogens is 406 g/mol. The summed E-state index contributed by atoms with van der Waals surface area (Å²) in [4.78, 5) is 23.3. The number of aromatic nitrogens is 5. The number of ether oxygens (including phenoxy) is 1. The van der Waals surface area contributed by atoms with E-state index in [0.29, 0.717) is 18.4 Å². The van der Waals surface area contributed by atoms with Crippen molar-refractivity contribution >= 4 is 11.2 Å². The molecule has 0 amide bonds. The Bertz CT molecular complexity index is 1480. The zero-order chi connectivity index (χ0) is 22.2. The number of rotatable bonds is 5.